The largest absolute Gasteiger partial charge is 0.468 e. The van der Waals surface area contributed by atoms with Crippen LogP contribution in [-0.4, -0.2) is 48.9 Å². The van der Waals surface area contributed by atoms with E-state index in [-0.39, 0.29) is 12.6 Å². The lowest BCUT2D eigenvalue weighted by molar-refractivity contribution is -0.148. The minimum absolute atomic E-state index is 0.210. The van der Waals surface area contributed by atoms with Gasteiger partial charge in [-0.2, -0.15) is 11.8 Å². The van der Waals surface area contributed by atoms with Crippen LogP contribution >= 0.6 is 11.8 Å². The first kappa shape index (κ1) is 15.7. The fourth-order valence-electron chi connectivity index (χ4n) is 1.40. The summed E-state index contributed by atoms with van der Waals surface area (Å²) in [5.74, 6) is 1.61. The van der Waals surface area contributed by atoms with E-state index in [1.807, 2.05) is 6.92 Å². The molecule has 0 saturated heterocycles. The number of aliphatic hydroxyl groups is 1. The maximum Gasteiger partial charge on any atom is 0.325 e. The second-order valence-electron chi connectivity index (χ2n) is 3.87. The van der Waals surface area contributed by atoms with Crippen LogP contribution in [-0.2, 0) is 9.53 Å². The predicted octanol–water partition coefficient (Wildman–Crippen LogP) is 1.03. The van der Waals surface area contributed by atoms with Gasteiger partial charge in [0.2, 0.25) is 0 Å². The Balaban J connectivity index is 3.74. The fraction of sp³-hybridized carbons (Fsp3) is 0.909. The Labute approximate surface area is 102 Å². The fourth-order valence-corrected chi connectivity index (χ4v) is 2.15. The molecule has 0 aromatic rings. The number of likely N-dealkylation sites (N-methyl/N-ethyl adjacent to an activating group) is 1. The number of esters is 1. The van der Waals surface area contributed by atoms with Crippen molar-refractivity contribution in [2.24, 2.45) is 0 Å². The van der Waals surface area contributed by atoms with Gasteiger partial charge in [0.1, 0.15) is 5.54 Å². The van der Waals surface area contributed by atoms with Crippen molar-refractivity contribution in [2.45, 2.75) is 31.7 Å². The second-order valence-corrected chi connectivity index (χ2v) is 5.09. The lowest BCUT2D eigenvalue weighted by Gasteiger charge is -2.25. The van der Waals surface area contributed by atoms with Crippen molar-refractivity contribution < 1.29 is 14.6 Å². The predicted molar refractivity (Wildman–Crippen MR) is 67.7 cm³/mol. The molecular formula is C11H23NO3S. The molecule has 0 spiro atoms. The molecule has 0 aromatic heterocycles. The van der Waals surface area contributed by atoms with Crippen molar-refractivity contribution in [1.82, 2.24) is 5.32 Å². The summed E-state index contributed by atoms with van der Waals surface area (Å²) in [4.78, 5) is 11.5. The first-order valence-electron chi connectivity index (χ1n) is 5.56. The lowest BCUT2D eigenvalue weighted by atomic mass is 9.95. The van der Waals surface area contributed by atoms with E-state index in [4.69, 9.17) is 9.84 Å². The maximum absolute atomic E-state index is 11.5. The summed E-state index contributed by atoms with van der Waals surface area (Å²) in [5.41, 5.74) is -0.573. The first-order chi connectivity index (χ1) is 7.60. The number of ether oxygens (including phenoxy) is 1. The number of hydrogen-bond donors (Lipinski definition) is 2. The average Bonchev–Trinajstić information content (AvgIpc) is 2.32. The summed E-state index contributed by atoms with van der Waals surface area (Å²) in [6.45, 7) is 2.10. The minimum Gasteiger partial charge on any atom is -0.468 e. The average molecular weight is 249 g/mol. The number of thioether (sulfide) groups is 1. The molecule has 0 radical (unpaired) electrons. The van der Waals surface area contributed by atoms with E-state index in [2.05, 4.69) is 5.32 Å². The maximum atomic E-state index is 11.5. The van der Waals surface area contributed by atoms with Gasteiger partial charge in [-0.25, -0.2) is 0 Å². The lowest BCUT2D eigenvalue weighted by Crippen LogP contribution is -2.48. The molecule has 0 bridgehead atoms. The van der Waals surface area contributed by atoms with Crippen LogP contribution in [0.15, 0.2) is 0 Å². The number of aliphatic hydroxyl groups excluding tert-OH is 1. The Morgan fingerprint density at radius 1 is 1.44 bits per heavy atom. The summed E-state index contributed by atoms with van der Waals surface area (Å²) in [6.07, 6.45) is 2.81. The Morgan fingerprint density at radius 3 is 2.62 bits per heavy atom. The molecule has 96 valence electrons. The number of carbonyl (C=O) groups is 1. The van der Waals surface area contributed by atoms with Crippen LogP contribution in [0.5, 0.6) is 0 Å². The molecule has 0 aliphatic heterocycles. The normalized spacial score (nSPS) is 14.5. The number of unbranched alkanes of at least 4 members (excludes halogenated alkanes) is 1. The Bertz CT molecular complexity index is 202. The van der Waals surface area contributed by atoms with Crippen molar-refractivity contribution in [2.75, 3.05) is 32.3 Å². The summed E-state index contributed by atoms with van der Waals surface area (Å²) >= 11 is 1.74. The first-order valence-corrected chi connectivity index (χ1v) is 6.72. The molecule has 1 unspecified atom stereocenters. The van der Waals surface area contributed by atoms with E-state index in [9.17, 15) is 4.79 Å². The topological polar surface area (TPSA) is 58.6 Å². The molecule has 0 aliphatic carbocycles. The van der Waals surface area contributed by atoms with Gasteiger partial charge in [-0.3, -0.25) is 4.79 Å². The summed E-state index contributed by atoms with van der Waals surface area (Å²) < 4.78 is 4.76. The minimum atomic E-state index is -0.573. The summed E-state index contributed by atoms with van der Waals surface area (Å²) in [6, 6.07) is 0. The molecule has 0 heterocycles. The monoisotopic (exact) mass is 249 g/mol. The Hall–Kier alpha value is -0.260. The van der Waals surface area contributed by atoms with Gasteiger partial charge in [-0.05, 0) is 32.6 Å². The van der Waals surface area contributed by atoms with Crippen LogP contribution in [0.3, 0.4) is 0 Å². The second kappa shape index (κ2) is 8.84. The number of carbonyl (C=O) groups excluding carboxylic acids is 1. The molecule has 0 aliphatic rings. The SMILES string of the molecule is CNC(C)(CCCCSCCO)C(=O)OC. The van der Waals surface area contributed by atoms with Gasteiger partial charge >= 0.3 is 5.97 Å². The molecular weight excluding hydrogens is 226 g/mol. The van der Waals surface area contributed by atoms with E-state index < -0.39 is 5.54 Å². The molecule has 5 heteroatoms. The van der Waals surface area contributed by atoms with Crippen LogP contribution < -0.4 is 5.32 Å². The molecule has 0 amide bonds. The standard InChI is InChI=1S/C11H23NO3S/c1-11(12-2,10(14)15-3)6-4-5-8-16-9-7-13/h12-13H,4-9H2,1-3H3. The van der Waals surface area contributed by atoms with Gasteiger partial charge in [-0.1, -0.05) is 6.42 Å². The van der Waals surface area contributed by atoms with Crippen LogP contribution in [0, 0.1) is 0 Å². The van der Waals surface area contributed by atoms with Crippen LogP contribution in [0.2, 0.25) is 0 Å². The molecule has 16 heavy (non-hydrogen) atoms. The molecule has 4 nitrogen and oxygen atoms in total. The van der Waals surface area contributed by atoms with Crippen LogP contribution in [0.1, 0.15) is 26.2 Å². The highest BCUT2D eigenvalue weighted by molar-refractivity contribution is 7.99. The van der Waals surface area contributed by atoms with Crippen molar-refractivity contribution in [3.05, 3.63) is 0 Å². The van der Waals surface area contributed by atoms with Gasteiger partial charge in [0, 0.05) is 5.75 Å². The highest BCUT2D eigenvalue weighted by Gasteiger charge is 2.31. The van der Waals surface area contributed by atoms with Crippen LogP contribution in [0.25, 0.3) is 0 Å². The number of methoxy groups -OCH3 is 1. The van der Waals surface area contributed by atoms with Gasteiger partial charge in [0.15, 0.2) is 0 Å². The third kappa shape index (κ3) is 5.72. The van der Waals surface area contributed by atoms with E-state index in [0.717, 1.165) is 30.8 Å². The third-order valence-electron chi connectivity index (χ3n) is 2.64. The Kier molecular flexibility index (Phi) is 8.70. The van der Waals surface area contributed by atoms with E-state index in [1.165, 1.54) is 7.11 Å². The molecule has 2 N–H and O–H groups in total. The third-order valence-corrected chi connectivity index (χ3v) is 3.69. The number of nitrogens with one attached hydrogen (secondary N) is 1. The van der Waals surface area contributed by atoms with Gasteiger partial charge in [0.05, 0.1) is 13.7 Å². The van der Waals surface area contributed by atoms with Crippen molar-refractivity contribution in [3.63, 3.8) is 0 Å². The van der Waals surface area contributed by atoms with E-state index >= 15 is 0 Å². The smallest absolute Gasteiger partial charge is 0.325 e. The van der Waals surface area contributed by atoms with Crippen molar-refractivity contribution in [3.8, 4) is 0 Å². The van der Waals surface area contributed by atoms with Gasteiger partial charge < -0.3 is 15.2 Å². The van der Waals surface area contributed by atoms with Crippen molar-refractivity contribution in [1.29, 1.82) is 0 Å². The Morgan fingerprint density at radius 2 is 2.12 bits per heavy atom. The molecule has 0 fully saturated rings. The summed E-state index contributed by atoms with van der Waals surface area (Å²) in [7, 11) is 3.19. The molecule has 0 aromatic carbocycles. The molecule has 0 saturated carbocycles. The van der Waals surface area contributed by atoms with E-state index in [0.29, 0.717) is 0 Å². The zero-order valence-corrected chi connectivity index (χ0v) is 11.2. The van der Waals surface area contributed by atoms with Crippen molar-refractivity contribution >= 4 is 17.7 Å². The number of rotatable bonds is 9. The summed E-state index contributed by atoms with van der Waals surface area (Å²) in [5, 5.41) is 11.6. The zero-order chi connectivity index (χ0) is 12.4. The van der Waals surface area contributed by atoms with Crippen LogP contribution in [0.4, 0.5) is 0 Å². The quantitative estimate of drug-likeness (QED) is 0.472. The highest BCUT2D eigenvalue weighted by Crippen LogP contribution is 2.16. The number of hydrogen-bond acceptors (Lipinski definition) is 5. The zero-order valence-electron chi connectivity index (χ0n) is 10.4. The van der Waals surface area contributed by atoms with Gasteiger partial charge in [-0.15, -0.1) is 0 Å². The molecule has 1 atom stereocenters. The highest BCUT2D eigenvalue weighted by atomic mass is 32.2. The van der Waals surface area contributed by atoms with E-state index in [1.54, 1.807) is 18.8 Å². The van der Waals surface area contributed by atoms with Gasteiger partial charge in [0.25, 0.3) is 0 Å². The molecule has 0 rings (SSSR count).